The predicted octanol–water partition coefficient (Wildman–Crippen LogP) is 0.943. The van der Waals surface area contributed by atoms with Crippen molar-refractivity contribution < 1.29 is 99.2 Å². The van der Waals surface area contributed by atoms with Gasteiger partial charge in [0.25, 0.3) is 0 Å². The molecule has 0 saturated heterocycles. The first kappa shape index (κ1) is 28.1. The zero-order valence-corrected chi connectivity index (χ0v) is 11.9. The summed E-state index contributed by atoms with van der Waals surface area (Å²) in [5.74, 6) is 0. The molecule has 0 aliphatic carbocycles. The summed E-state index contributed by atoms with van der Waals surface area (Å²) in [6, 6.07) is 0. The standard InChI is InChI=1S/C2H5.2CHF3O3S.Yb/c1-2;2*2-1(3,4)8(5,6)7;/h1H2,2H3;2*(H,5,6,7);/q-1;;;+3/p-2. The molecule has 0 spiro atoms. The van der Waals surface area contributed by atoms with Crippen molar-refractivity contribution in [1.82, 2.24) is 0 Å². The summed E-state index contributed by atoms with van der Waals surface area (Å²) in [6.45, 7) is 5.00. The molecule has 0 aliphatic heterocycles. The van der Waals surface area contributed by atoms with E-state index in [1.54, 1.807) is 6.92 Å². The number of hydrogen-bond acceptors (Lipinski definition) is 6. The van der Waals surface area contributed by atoms with Crippen LogP contribution in [0.2, 0.25) is 0 Å². The molecule has 0 saturated carbocycles. The molecule has 0 aliphatic rings. The Hall–Kier alpha value is 0.919. The van der Waals surface area contributed by atoms with E-state index in [1.165, 1.54) is 0 Å². The molecule has 0 rings (SSSR count). The van der Waals surface area contributed by atoms with Gasteiger partial charge in [-0.25, -0.2) is 16.8 Å². The van der Waals surface area contributed by atoms with Crippen molar-refractivity contribution in [2.24, 2.45) is 0 Å². The van der Waals surface area contributed by atoms with Gasteiger partial charge in [0.2, 0.25) is 0 Å². The summed E-state index contributed by atoms with van der Waals surface area (Å²) < 4.78 is 118. The van der Waals surface area contributed by atoms with Gasteiger partial charge < -0.3 is 16.0 Å². The number of halogens is 6. The zero-order chi connectivity index (χ0) is 16.0. The molecule has 15 heteroatoms. The third kappa shape index (κ3) is 15.1. The Kier molecular flexibility index (Phi) is 14.5. The van der Waals surface area contributed by atoms with Gasteiger partial charge in [-0.2, -0.15) is 33.3 Å². The summed E-state index contributed by atoms with van der Waals surface area (Å²) >= 11 is 0. The third-order valence-corrected chi connectivity index (χ3v) is 1.70. The molecule has 0 unspecified atom stereocenters. The molecule has 0 aromatic carbocycles. The Bertz CT molecular complexity index is 380. The van der Waals surface area contributed by atoms with Crippen LogP contribution in [-0.4, -0.2) is 37.0 Å². The van der Waals surface area contributed by atoms with Gasteiger partial charge in [-0.3, -0.25) is 0 Å². The van der Waals surface area contributed by atoms with Crippen LogP contribution in [-0.2, 0) is 20.2 Å². The van der Waals surface area contributed by atoms with Crippen LogP contribution < -0.4 is 0 Å². The van der Waals surface area contributed by atoms with E-state index >= 15 is 0 Å². The van der Waals surface area contributed by atoms with E-state index < -0.39 is 31.3 Å². The number of rotatable bonds is 0. The largest absolute Gasteiger partial charge is 3.00 e. The molecule has 6 nitrogen and oxygen atoms in total. The normalized spacial score (nSPS) is 12.1. The summed E-state index contributed by atoms with van der Waals surface area (Å²) in [6.07, 6.45) is 0. The van der Waals surface area contributed by atoms with Crippen LogP contribution in [0.25, 0.3) is 0 Å². The quantitative estimate of drug-likeness (QED) is 0.212. The predicted molar refractivity (Wildman–Crippen MR) is 42.5 cm³/mol. The molecule has 0 heterocycles. The Morgan fingerprint density at radius 2 is 0.789 bits per heavy atom. The van der Waals surface area contributed by atoms with Crippen molar-refractivity contribution in [3.05, 3.63) is 6.92 Å². The maximum absolute atomic E-state index is 10.7. The van der Waals surface area contributed by atoms with Gasteiger partial charge in [-0.05, 0) is 0 Å². The molecular weight excluding hydrogens is 495 g/mol. The van der Waals surface area contributed by atoms with Crippen LogP contribution >= 0.6 is 0 Å². The Balaban J connectivity index is -0.0000000999. The van der Waals surface area contributed by atoms with Crippen LogP contribution in [0.1, 0.15) is 6.92 Å². The van der Waals surface area contributed by atoms with Gasteiger partial charge in [-0.1, -0.05) is 0 Å². The van der Waals surface area contributed by atoms with E-state index in [9.17, 15) is 26.3 Å². The van der Waals surface area contributed by atoms with E-state index in [1.807, 2.05) is 0 Å². The van der Waals surface area contributed by atoms with Crippen molar-refractivity contribution in [3.8, 4) is 0 Å². The molecule has 125 valence electrons. The smallest absolute Gasteiger partial charge is 0.741 e. The average molecular weight is 500 g/mol. The van der Waals surface area contributed by atoms with Gasteiger partial charge >= 0.3 is 57.9 Å². The van der Waals surface area contributed by atoms with E-state index in [0.29, 0.717) is 0 Å². The summed E-state index contributed by atoms with van der Waals surface area (Å²) in [5, 5.41) is 0. The van der Waals surface area contributed by atoms with Crippen molar-refractivity contribution in [1.29, 1.82) is 0 Å². The molecule has 0 bridgehead atoms. The van der Waals surface area contributed by atoms with Gasteiger partial charge in [-0.15, -0.1) is 0 Å². The molecule has 1 radical (unpaired) electrons. The second kappa shape index (κ2) is 9.78. The first-order valence-corrected chi connectivity index (χ1v) is 6.07. The van der Waals surface area contributed by atoms with Gasteiger partial charge in [0.1, 0.15) is 0 Å². The number of alkyl halides is 6. The zero-order valence-electron chi connectivity index (χ0n) is 8.51. The minimum absolute atomic E-state index is 0. The molecular formula is C4H5F6O6S2Yb. The summed E-state index contributed by atoms with van der Waals surface area (Å²) in [5.41, 5.74) is -11.3. The van der Waals surface area contributed by atoms with Crippen LogP contribution in [0.5, 0.6) is 0 Å². The van der Waals surface area contributed by atoms with Gasteiger partial charge in [0.05, 0.1) is 0 Å². The molecule has 0 fully saturated rings. The molecule has 0 aromatic heterocycles. The molecule has 19 heavy (non-hydrogen) atoms. The Labute approximate surface area is 143 Å². The van der Waals surface area contributed by atoms with E-state index in [4.69, 9.17) is 25.9 Å². The van der Waals surface area contributed by atoms with Crippen molar-refractivity contribution in [3.63, 3.8) is 0 Å². The van der Waals surface area contributed by atoms with E-state index in [-0.39, 0.29) is 46.9 Å². The maximum atomic E-state index is 10.7. The molecule has 0 atom stereocenters. The maximum Gasteiger partial charge on any atom is 3.00 e. The fourth-order valence-corrected chi connectivity index (χ4v) is 0. The van der Waals surface area contributed by atoms with Crippen LogP contribution in [0.15, 0.2) is 0 Å². The monoisotopic (exact) mass is 501 g/mol. The fourth-order valence-electron chi connectivity index (χ4n) is 0. The second-order valence-electron chi connectivity index (χ2n) is 1.80. The minimum atomic E-state index is -6.09. The average Bonchev–Trinajstić information content (AvgIpc) is 2.01. The molecule has 0 N–H and O–H groups in total. The van der Waals surface area contributed by atoms with Gasteiger partial charge in [0, 0.05) is 0 Å². The third-order valence-electron chi connectivity index (χ3n) is 0.567. The first-order chi connectivity index (χ1) is 7.50. The first-order valence-electron chi connectivity index (χ1n) is 3.25. The van der Waals surface area contributed by atoms with Crippen LogP contribution in [0.4, 0.5) is 26.3 Å². The Morgan fingerprint density at radius 1 is 0.737 bits per heavy atom. The Morgan fingerprint density at radius 3 is 0.789 bits per heavy atom. The number of hydrogen-bond donors (Lipinski definition) is 0. The second-order valence-corrected chi connectivity index (χ2v) is 4.54. The van der Waals surface area contributed by atoms with Crippen molar-refractivity contribution >= 4 is 20.2 Å². The van der Waals surface area contributed by atoms with Gasteiger partial charge in [0.15, 0.2) is 20.2 Å². The summed E-state index contributed by atoms with van der Waals surface area (Å²) in [4.78, 5) is 0. The van der Waals surface area contributed by atoms with Crippen molar-refractivity contribution in [2.75, 3.05) is 0 Å². The summed E-state index contributed by atoms with van der Waals surface area (Å²) in [7, 11) is -12.2. The topological polar surface area (TPSA) is 114 Å². The van der Waals surface area contributed by atoms with Crippen LogP contribution in [0, 0.1) is 53.8 Å². The molecule has 0 amide bonds. The van der Waals surface area contributed by atoms with E-state index in [0.717, 1.165) is 0 Å². The van der Waals surface area contributed by atoms with Crippen LogP contribution in [0.3, 0.4) is 0 Å². The minimum Gasteiger partial charge on any atom is -0.741 e. The molecule has 0 aromatic rings. The van der Waals surface area contributed by atoms with E-state index in [2.05, 4.69) is 6.92 Å². The van der Waals surface area contributed by atoms with Crippen molar-refractivity contribution in [2.45, 2.75) is 17.9 Å². The SMILES string of the molecule is O=S(=O)([O-])C(F)(F)F.O=S(=O)([O-])C(F)(F)F.[CH2-]C.[Yb+3]. The fraction of sp³-hybridized carbons (Fsp3) is 0.750.